The number of hydrazone groups is 1. The Kier molecular flexibility index (Phi) is 3.43. The normalized spacial score (nSPS) is 11.3. The van der Waals surface area contributed by atoms with Crippen molar-refractivity contribution in [2.24, 2.45) is 5.10 Å². The lowest BCUT2D eigenvalue weighted by Crippen LogP contribution is -2.19. The van der Waals surface area contributed by atoms with Crippen molar-refractivity contribution in [3.8, 4) is 5.75 Å². The second-order valence-electron chi connectivity index (χ2n) is 3.67. The summed E-state index contributed by atoms with van der Waals surface area (Å²) in [6.07, 6.45) is 1.53. The van der Waals surface area contributed by atoms with Crippen LogP contribution in [0.15, 0.2) is 52.2 Å². The number of furan rings is 1. The average Bonchev–Trinajstić information content (AvgIpc) is 2.89. The molecule has 2 N–H and O–H groups in total. The van der Waals surface area contributed by atoms with E-state index < -0.39 is 5.91 Å². The highest BCUT2D eigenvalue weighted by Gasteiger charge is 2.06. The Morgan fingerprint density at radius 2 is 2.17 bits per heavy atom. The van der Waals surface area contributed by atoms with Gasteiger partial charge in [-0.05, 0) is 37.3 Å². The molecular formula is C13H12N2O3. The van der Waals surface area contributed by atoms with Crippen LogP contribution in [-0.4, -0.2) is 16.7 Å². The number of nitrogens with one attached hydrogen (secondary N) is 1. The van der Waals surface area contributed by atoms with Crippen molar-refractivity contribution in [1.82, 2.24) is 5.43 Å². The fraction of sp³-hybridized carbons (Fsp3) is 0.0769. The van der Waals surface area contributed by atoms with Gasteiger partial charge in [0.05, 0.1) is 6.26 Å². The van der Waals surface area contributed by atoms with Crippen LogP contribution in [0.25, 0.3) is 0 Å². The minimum absolute atomic E-state index is 0.0365. The van der Waals surface area contributed by atoms with E-state index in [1.165, 1.54) is 18.4 Å². The van der Waals surface area contributed by atoms with E-state index in [2.05, 4.69) is 10.5 Å². The van der Waals surface area contributed by atoms with Crippen molar-refractivity contribution in [3.05, 3.63) is 54.0 Å². The molecule has 0 aliphatic carbocycles. The van der Waals surface area contributed by atoms with Crippen LogP contribution in [0.1, 0.15) is 23.0 Å². The van der Waals surface area contributed by atoms with Crippen molar-refractivity contribution in [3.63, 3.8) is 0 Å². The number of hydrogen-bond acceptors (Lipinski definition) is 4. The van der Waals surface area contributed by atoms with Crippen LogP contribution in [0, 0.1) is 0 Å². The molecule has 0 spiro atoms. The van der Waals surface area contributed by atoms with Gasteiger partial charge in [0.25, 0.3) is 5.91 Å². The summed E-state index contributed by atoms with van der Waals surface area (Å²) in [5, 5.41) is 13.2. The molecule has 0 fully saturated rings. The molecule has 0 bridgehead atoms. The number of hydrogen-bond donors (Lipinski definition) is 2. The first-order valence-corrected chi connectivity index (χ1v) is 5.34. The van der Waals surface area contributed by atoms with Gasteiger partial charge in [-0.1, -0.05) is 6.07 Å². The van der Waals surface area contributed by atoms with Crippen molar-refractivity contribution < 1.29 is 14.3 Å². The number of carbonyl (C=O) groups excluding carboxylic acids is 1. The standard InChI is InChI=1S/C13H12N2O3/c1-9(12-6-3-7-18-12)14-15-13(17)10-4-2-5-11(16)8-10/h2-8,16H,1H3,(H,15,17)/b14-9+. The van der Waals surface area contributed by atoms with Crippen LogP contribution in [0.5, 0.6) is 5.75 Å². The summed E-state index contributed by atoms with van der Waals surface area (Å²) in [5.41, 5.74) is 3.29. The molecule has 0 saturated heterocycles. The highest BCUT2D eigenvalue weighted by molar-refractivity contribution is 5.99. The molecule has 2 aromatic rings. The minimum atomic E-state index is -0.392. The first-order chi connectivity index (χ1) is 8.66. The van der Waals surface area contributed by atoms with Crippen LogP contribution in [0.3, 0.4) is 0 Å². The number of aromatic hydroxyl groups is 1. The van der Waals surface area contributed by atoms with Crippen LogP contribution >= 0.6 is 0 Å². The van der Waals surface area contributed by atoms with Gasteiger partial charge in [0.2, 0.25) is 0 Å². The predicted octanol–water partition coefficient (Wildman–Crippen LogP) is 2.14. The third-order valence-corrected chi connectivity index (χ3v) is 2.31. The number of nitrogens with zero attached hydrogens (tertiary/aromatic N) is 1. The smallest absolute Gasteiger partial charge is 0.271 e. The maximum absolute atomic E-state index is 11.7. The highest BCUT2D eigenvalue weighted by atomic mass is 16.3. The largest absolute Gasteiger partial charge is 0.508 e. The first-order valence-electron chi connectivity index (χ1n) is 5.34. The molecule has 1 heterocycles. The van der Waals surface area contributed by atoms with Crippen LogP contribution in [0.4, 0.5) is 0 Å². The van der Waals surface area contributed by atoms with Crippen molar-refractivity contribution >= 4 is 11.6 Å². The Morgan fingerprint density at radius 3 is 2.83 bits per heavy atom. The number of rotatable bonds is 3. The zero-order valence-electron chi connectivity index (χ0n) is 9.75. The first kappa shape index (κ1) is 11.9. The molecule has 2 rings (SSSR count). The molecule has 1 aromatic heterocycles. The monoisotopic (exact) mass is 244 g/mol. The number of phenolic OH excluding ortho intramolecular Hbond substituents is 1. The van der Waals surface area contributed by atoms with E-state index >= 15 is 0 Å². The zero-order chi connectivity index (χ0) is 13.0. The van der Waals surface area contributed by atoms with Gasteiger partial charge >= 0.3 is 0 Å². The Morgan fingerprint density at radius 1 is 1.33 bits per heavy atom. The minimum Gasteiger partial charge on any atom is -0.508 e. The van der Waals surface area contributed by atoms with E-state index in [9.17, 15) is 9.90 Å². The van der Waals surface area contributed by atoms with Crippen LogP contribution in [0.2, 0.25) is 0 Å². The molecule has 0 atom stereocenters. The van der Waals surface area contributed by atoms with Gasteiger partial charge in [-0.2, -0.15) is 5.10 Å². The summed E-state index contributed by atoms with van der Waals surface area (Å²) in [4.78, 5) is 11.7. The topological polar surface area (TPSA) is 74.8 Å². The summed E-state index contributed by atoms with van der Waals surface area (Å²) in [6, 6.07) is 9.53. The van der Waals surface area contributed by atoms with Gasteiger partial charge in [-0.3, -0.25) is 4.79 Å². The molecule has 5 heteroatoms. The zero-order valence-corrected chi connectivity index (χ0v) is 9.75. The fourth-order valence-electron chi connectivity index (χ4n) is 1.39. The Bertz CT molecular complexity index is 574. The van der Waals surface area contributed by atoms with E-state index in [1.807, 2.05) is 0 Å². The molecule has 1 amide bonds. The van der Waals surface area contributed by atoms with Crippen molar-refractivity contribution in [1.29, 1.82) is 0 Å². The summed E-state index contributed by atoms with van der Waals surface area (Å²) in [5.74, 6) is 0.234. The molecule has 0 radical (unpaired) electrons. The summed E-state index contributed by atoms with van der Waals surface area (Å²) in [6.45, 7) is 1.72. The van der Waals surface area contributed by atoms with Gasteiger partial charge in [-0.15, -0.1) is 0 Å². The Hall–Kier alpha value is -2.56. The SMILES string of the molecule is C/C(=N\NC(=O)c1cccc(O)c1)c1ccco1. The lowest BCUT2D eigenvalue weighted by molar-refractivity contribution is 0.0954. The molecule has 0 saturated carbocycles. The molecule has 0 aliphatic rings. The quantitative estimate of drug-likeness (QED) is 0.641. The maximum atomic E-state index is 11.7. The van der Waals surface area contributed by atoms with Gasteiger partial charge < -0.3 is 9.52 Å². The third-order valence-electron chi connectivity index (χ3n) is 2.31. The molecular weight excluding hydrogens is 232 g/mol. The molecule has 18 heavy (non-hydrogen) atoms. The van der Waals surface area contributed by atoms with Crippen LogP contribution < -0.4 is 5.43 Å². The Labute approximate surface area is 104 Å². The predicted molar refractivity (Wildman–Crippen MR) is 66.5 cm³/mol. The molecule has 0 aliphatic heterocycles. The molecule has 5 nitrogen and oxygen atoms in total. The van der Waals surface area contributed by atoms with E-state index in [0.29, 0.717) is 17.0 Å². The van der Waals surface area contributed by atoms with E-state index in [1.54, 1.807) is 31.2 Å². The number of phenols is 1. The van der Waals surface area contributed by atoms with Crippen LogP contribution in [-0.2, 0) is 0 Å². The lowest BCUT2D eigenvalue weighted by Gasteiger charge is -2.01. The van der Waals surface area contributed by atoms with E-state index in [-0.39, 0.29) is 5.75 Å². The van der Waals surface area contributed by atoms with Crippen molar-refractivity contribution in [2.45, 2.75) is 6.92 Å². The second-order valence-corrected chi connectivity index (χ2v) is 3.67. The summed E-state index contributed by atoms with van der Waals surface area (Å²) in [7, 11) is 0. The second kappa shape index (κ2) is 5.18. The van der Waals surface area contributed by atoms with Gasteiger partial charge in [0.1, 0.15) is 17.2 Å². The molecule has 0 unspecified atom stereocenters. The number of amides is 1. The molecule has 92 valence electrons. The average molecular weight is 244 g/mol. The van der Waals surface area contributed by atoms with Crippen molar-refractivity contribution in [2.75, 3.05) is 0 Å². The fourth-order valence-corrected chi connectivity index (χ4v) is 1.39. The number of benzene rings is 1. The summed E-state index contributed by atoms with van der Waals surface area (Å²) >= 11 is 0. The van der Waals surface area contributed by atoms with Gasteiger partial charge in [0, 0.05) is 5.56 Å². The maximum Gasteiger partial charge on any atom is 0.271 e. The molecule has 1 aromatic carbocycles. The van der Waals surface area contributed by atoms with Gasteiger partial charge in [-0.25, -0.2) is 5.43 Å². The highest BCUT2D eigenvalue weighted by Crippen LogP contribution is 2.10. The number of carbonyl (C=O) groups is 1. The third kappa shape index (κ3) is 2.76. The lowest BCUT2D eigenvalue weighted by atomic mass is 10.2. The Balaban J connectivity index is 2.07. The van der Waals surface area contributed by atoms with Gasteiger partial charge in [0.15, 0.2) is 0 Å². The summed E-state index contributed by atoms with van der Waals surface area (Å²) < 4.78 is 5.13. The van der Waals surface area contributed by atoms with E-state index in [4.69, 9.17) is 4.42 Å². The van der Waals surface area contributed by atoms with E-state index in [0.717, 1.165) is 0 Å².